The first kappa shape index (κ1) is 11.5. The van der Waals surface area contributed by atoms with E-state index in [9.17, 15) is 5.11 Å². The summed E-state index contributed by atoms with van der Waals surface area (Å²) in [5.74, 6) is 0. The second-order valence-corrected chi connectivity index (χ2v) is 4.58. The number of nitrogens with zero attached hydrogens (tertiary/aromatic N) is 3. The van der Waals surface area contributed by atoms with Crippen LogP contribution in [0.4, 0.5) is 0 Å². The molecule has 1 fully saturated rings. The molecule has 2 atom stereocenters. The average Bonchev–Trinajstić information content (AvgIpc) is 2.56. The van der Waals surface area contributed by atoms with E-state index in [1.54, 1.807) is 4.68 Å². The summed E-state index contributed by atoms with van der Waals surface area (Å²) >= 11 is 0. The molecule has 0 spiro atoms. The molecule has 1 heterocycles. The lowest BCUT2D eigenvalue weighted by Crippen LogP contribution is -2.38. The highest BCUT2D eigenvalue weighted by molar-refractivity contribution is 4.92. The number of aromatic nitrogens is 3. The average molecular weight is 224 g/mol. The molecule has 0 radical (unpaired) electrons. The van der Waals surface area contributed by atoms with Crippen molar-refractivity contribution in [3.8, 4) is 0 Å². The Morgan fingerprint density at radius 3 is 3.00 bits per heavy atom. The topological polar surface area (TPSA) is 63.0 Å². The van der Waals surface area contributed by atoms with Gasteiger partial charge in [0, 0.05) is 25.8 Å². The molecular formula is C11H20N4O. The van der Waals surface area contributed by atoms with Gasteiger partial charge in [-0.1, -0.05) is 24.5 Å². The fourth-order valence-electron chi connectivity index (χ4n) is 2.24. The molecule has 16 heavy (non-hydrogen) atoms. The van der Waals surface area contributed by atoms with Crippen LogP contribution in [0.5, 0.6) is 0 Å². The van der Waals surface area contributed by atoms with Crippen molar-refractivity contribution in [2.45, 2.75) is 50.8 Å². The van der Waals surface area contributed by atoms with Gasteiger partial charge in [-0.05, 0) is 12.8 Å². The zero-order chi connectivity index (χ0) is 11.4. The molecule has 2 rings (SSSR count). The number of aliphatic hydroxyl groups excluding tert-OH is 1. The molecule has 5 heteroatoms. The highest BCUT2D eigenvalue weighted by Crippen LogP contribution is 2.18. The van der Waals surface area contributed by atoms with Crippen LogP contribution in [0.1, 0.15) is 37.8 Å². The van der Waals surface area contributed by atoms with Gasteiger partial charge in [0.05, 0.1) is 11.8 Å². The quantitative estimate of drug-likeness (QED) is 0.738. The number of hydrogen-bond acceptors (Lipinski definition) is 4. The predicted octanol–water partition coefficient (Wildman–Crippen LogP) is 0.598. The zero-order valence-corrected chi connectivity index (χ0v) is 9.76. The lowest BCUT2D eigenvalue weighted by Gasteiger charge is -2.21. The van der Waals surface area contributed by atoms with Crippen LogP contribution in [0.25, 0.3) is 0 Å². The van der Waals surface area contributed by atoms with Crippen LogP contribution in [-0.2, 0) is 13.6 Å². The lowest BCUT2D eigenvalue weighted by atomic mass is 10.1. The Labute approximate surface area is 95.8 Å². The molecule has 90 valence electrons. The molecule has 5 nitrogen and oxygen atoms in total. The van der Waals surface area contributed by atoms with Gasteiger partial charge in [0.2, 0.25) is 0 Å². The van der Waals surface area contributed by atoms with Gasteiger partial charge in [-0.3, -0.25) is 4.68 Å². The van der Waals surface area contributed by atoms with Crippen molar-refractivity contribution in [2.24, 2.45) is 7.05 Å². The van der Waals surface area contributed by atoms with Crippen LogP contribution in [0.15, 0.2) is 6.20 Å². The summed E-state index contributed by atoms with van der Waals surface area (Å²) in [6, 6.07) is 0.213. The minimum Gasteiger partial charge on any atom is -0.392 e. The van der Waals surface area contributed by atoms with Gasteiger partial charge in [0.25, 0.3) is 0 Å². The SMILES string of the molecule is Cn1cc(CNC2CCCCCC2O)nn1. The standard InChI is InChI=1S/C11H20N4O/c1-15-8-9(13-14-15)7-12-10-5-3-2-4-6-11(10)16/h8,10-12,16H,2-7H2,1H3. The van der Waals surface area contributed by atoms with Gasteiger partial charge in [0.15, 0.2) is 0 Å². The summed E-state index contributed by atoms with van der Waals surface area (Å²) < 4.78 is 1.69. The van der Waals surface area contributed by atoms with Gasteiger partial charge in [-0.25, -0.2) is 0 Å². The van der Waals surface area contributed by atoms with Crippen molar-refractivity contribution in [1.29, 1.82) is 0 Å². The molecule has 1 aromatic rings. The van der Waals surface area contributed by atoms with Crippen LogP contribution < -0.4 is 5.32 Å². The first-order valence-corrected chi connectivity index (χ1v) is 6.02. The number of nitrogens with one attached hydrogen (secondary N) is 1. The minimum absolute atomic E-state index is 0.209. The zero-order valence-electron chi connectivity index (χ0n) is 9.76. The first-order valence-electron chi connectivity index (χ1n) is 6.02. The van der Waals surface area contributed by atoms with Crippen LogP contribution >= 0.6 is 0 Å². The van der Waals surface area contributed by atoms with E-state index in [0.717, 1.165) is 25.0 Å². The van der Waals surface area contributed by atoms with Gasteiger partial charge in [0.1, 0.15) is 0 Å². The Hall–Kier alpha value is -0.940. The fourth-order valence-corrected chi connectivity index (χ4v) is 2.24. The van der Waals surface area contributed by atoms with Crippen molar-refractivity contribution in [1.82, 2.24) is 20.3 Å². The molecule has 0 amide bonds. The molecule has 0 aromatic carbocycles. The van der Waals surface area contributed by atoms with Crippen LogP contribution in [0.3, 0.4) is 0 Å². The van der Waals surface area contributed by atoms with Crippen LogP contribution in [-0.4, -0.2) is 32.2 Å². The second kappa shape index (κ2) is 5.41. The fraction of sp³-hybridized carbons (Fsp3) is 0.818. The van der Waals surface area contributed by atoms with Gasteiger partial charge in [-0.2, -0.15) is 0 Å². The largest absolute Gasteiger partial charge is 0.392 e. The van der Waals surface area contributed by atoms with Crippen molar-refractivity contribution in [3.05, 3.63) is 11.9 Å². The molecule has 2 unspecified atom stereocenters. The highest BCUT2D eigenvalue weighted by Gasteiger charge is 2.20. The van der Waals surface area contributed by atoms with E-state index in [-0.39, 0.29) is 12.1 Å². The maximum atomic E-state index is 9.93. The molecular weight excluding hydrogens is 204 g/mol. The smallest absolute Gasteiger partial charge is 0.0964 e. The third kappa shape index (κ3) is 3.02. The van der Waals surface area contributed by atoms with Crippen LogP contribution in [0.2, 0.25) is 0 Å². The number of aliphatic hydroxyl groups is 1. The molecule has 2 N–H and O–H groups in total. The van der Waals surface area contributed by atoms with E-state index in [4.69, 9.17) is 0 Å². The third-order valence-electron chi connectivity index (χ3n) is 3.17. The van der Waals surface area contributed by atoms with Gasteiger partial charge < -0.3 is 10.4 Å². The number of rotatable bonds is 3. The Morgan fingerprint density at radius 2 is 2.25 bits per heavy atom. The summed E-state index contributed by atoms with van der Waals surface area (Å²) in [5, 5.41) is 21.2. The van der Waals surface area contributed by atoms with E-state index in [0.29, 0.717) is 6.54 Å². The maximum absolute atomic E-state index is 9.93. The first-order chi connectivity index (χ1) is 7.75. The lowest BCUT2D eigenvalue weighted by molar-refractivity contribution is 0.119. The monoisotopic (exact) mass is 224 g/mol. The summed E-state index contributed by atoms with van der Waals surface area (Å²) in [6.45, 7) is 0.690. The van der Waals surface area contributed by atoms with Crippen LogP contribution in [0, 0.1) is 0 Å². The van der Waals surface area contributed by atoms with E-state index in [1.807, 2.05) is 13.2 Å². The summed E-state index contributed by atoms with van der Waals surface area (Å²) in [5.41, 5.74) is 0.930. The third-order valence-corrected chi connectivity index (χ3v) is 3.17. The maximum Gasteiger partial charge on any atom is 0.0964 e. The van der Waals surface area contributed by atoms with Crippen molar-refractivity contribution < 1.29 is 5.11 Å². The van der Waals surface area contributed by atoms with Gasteiger partial charge >= 0.3 is 0 Å². The molecule has 0 bridgehead atoms. The summed E-state index contributed by atoms with van der Waals surface area (Å²) in [4.78, 5) is 0. The molecule has 1 aliphatic carbocycles. The van der Waals surface area contributed by atoms with Crippen molar-refractivity contribution in [2.75, 3.05) is 0 Å². The van der Waals surface area contributed by atoms with E-state index in [2.05, 4.69) is 15.6 Å². The molecule has 1 aromatic heterocycles. The van der Waals surface area contributed by atoms with E-state index < -0.39 is 0 Å². The summed E-state index contributed by atoms with van der Waals surface area (Å²) in [7, 11) is 1.86. The van der Waals surface area contributed by atoms with Crippen molar-refractivity contribution in [3.63, 3.8) is 0 Å². The Morgan fingerprint density at radius 1 is 1.44 bits per heavy atom. The number of aryl methyl sites for hydroxylation is 1. The molecule has 0 aliphatic heterocycles. The second-order valence-electron chi connectivity index (χ2n) is 4.58. The van der Waals surface area contributed by atoms with Crippen molar-refractivity contribution >= 4 is 0 Å². The van der Waals surface area contributed by atoms with Gasteiger partial charge in [-0.15, -0.1) is 5.10 Å². The molecule has 1 aliphatic rings. The predicted molar refractivity (Wildman–Crippen MR) is 60.7 cm³/mol. The minimum atomic E-state index is -0.209. The molecule has 0 saturated heterocycles. The molecule has 1 saturated carbocycles. The Kier molecular flexibility index (Phi) is 3.90. The normalized spacial score (nSPS) is 26.6. The Bertz CT molecular complexity index is 326. The highest BCUT2D eigenvalue weighted by atomic mass is 16.3. The number of hydrogen-bond donors (Lipinski definition) is 2. The van der Waals surface area contributed by atoms with E-state index in [1.165, 1.54) is 12.8 Å². The Balaban J connectivity index is 1.83. The summed E-state index contributed by atoms with van der Waals surface area (Å²) in [6.07, 6.45) is 7.24. The van der Waals surface area contributed by atoms with E-state index >= 15 is 0 Å².